The number of anilines is 2. The molecule has 2 aromatic rings. The Balaban J connectivity index is 1.49. The number of benzene rings is 2. The Labute approximate surface area is 165 Å². The Kier molecular flexibility index (Phi) is 6.71. The maximum Gasteiger partial charge on any atom is 0.267 e. The number of rotatable bonds is 6. The number of piperidine rings is 1. The van der Waals surface area contributed by atoms with Crippen LogP contribution in [0.2, 0.25) is 5.02 Å². The standard InChI is InChI=1S/C21H24ClN3O2/c1-16(27-23-15-17-5-7-18(22)8-6-17)21(26)24-19-9-11-20(12-10-19)25-13-3-2-4-14-25/h5-12,15-16H,2-4,13-14H2,1H3,(H,24,26)/b23-15+. The summed E-state index contributed by atoms with van der Waals surface area (Å²) in [4.78, 5) is 19.9. The monoisotopic (exact) mass is 385 g/mol. The van der Waals surface area contributed by atoms with Crippen LogP contribution in [-0.2, 0) is 9.63 Å². The van der Waals surface area contributed by atoms with E-state index in [0.29, 0.717) is 5.02 Å². The van der Waals surface area contributed by atoms with Gasteiger partial charge in [0, 0.05) is 29.5 Å². The predicted octanol–water partition coefficient (Wildman–Crippen LogP) is 4.71. The highest BCUT2D eigenvalue weighted by Crippen LogP contribution is 2.22. The van der Waals surface area contributed by atoms with Gasteiger partial charge in [0.15, 0.2) is 0 Å². The Morgan fingerprint density at radius 2 is 1.78 bits per heavy atom. The van der Waals surface area contributed by atoms with Crippen molar-refractivity contribution in [2.45, 2.75) is 32.3 Å². The third kappa shape index (κ3) is 5.73. The summed E-state index contributed by atoms with van der Waals surface area (Å²) < 4.78 is 0. The van der Waals surface area contributed by atoms with Gasteiger partial charge in [-0.1, -0.05) is 28.9 Å². The van der Waals surface area contributed by atoms with Crippen molar-refractivity contribution in [1.29, 1.82) is 0 Å². The lowest BCUT2D eigenvalue weighted by Gasteiger charge is -2.28. The topological polar surface area (TPSA) is 53.9 Å². The molecule has 0 bridgehead atoms. The lowest BCUT2D eigenvalue weighted by Crippen LogP contribution is -2.29. The van der Waals surface area contributed by atoms with Crippen LogP contribution in [0.5, 0.6) is 0 Å². The van der Waals surface area contributed by atoms with Crippen molar-refractivity contribution in [1.82, 2.24) is 0 Å². The van der Waals surface area contributed by atoms with E-state index in [1.54, 1.807) is 25.3 Å². The molecular formula is C21H24ClN3O2. The largest absolute Gasteiger partial charge is 0.383 e. The van der Waals surface area contributed by atoms with Crippen LogP contribution in [0.4, 0.5) is 11.4 Å². The van der Waals surface area contributed by atoms with E-state index in [9.17, 15) is 4.79 Å². The minimum atomic E-state index is -0.699. The van der Waals surface area contributed by atoms with Crippen molar-refractivity contribution < 1.29 is 9.63 Å². The number of carbonyl (C=O) groups is 1. The van der Waals surface area contributed by atoms with Crippen molar-refractivity contribution >= 4 is 35.1 Å². The molecule has 1 atom stereocenters. The number of nitrogens with one attached hydrogen (secondary N) is 1. The highest BCUT2D eigenvalue weighted by Gasteiger charge is 2.15. The van der Waals surface area contributed by atoms with Gasteiger partial charge in [0.05, 0.1) is 6.21 Å². The minimum absolute atomic E-state index is 0.242. The number of oxime groups is 1. The normalized spacial score (nSPS) is 15.6. The third-order valence-electron chi connectivity index (χ3n) is 4.52. The molecule has 1 heterocycles. The SMILES string of the molecule is CC(O/N=C/c1ccc(Cl)cc1)C(=O)Nc1ccc(N2CCCCC2)cc1. The van der Waals surface area contributed by atoms with Gasteiger partial charge in [-0.3, -0.25) is 4.79 Å². The first-order chi connectivity index (χ1) is 13.1. The molecule has 3 rings (SSSR count). The molecule has 6 heteroatoms. The molecule has 1 aliphatic rings. The Morgan fingerprint density at radius 3 is 2.44 bits per heavy atom. The van der Waals surface area contributed by atoms with E-state index >= 15 is 0 Å². The summed E-state index contributed by atoms with van der Waals surface area (Å²) in [5, 5.41) is 7.39. The van der Waals surface area contributed by atoms with Crippen molar-refractivity contribution in [2.24, 2.45) is 5.16 Å². The van der Waals surface area contributed by atoms with Crippen molar-refractivity contribution in [3.05, 3.63) is 59.1 Å². The number of amides is 1. The second-order valence-corrected chi connectivity index (χ2v) is 7.05. The van der Waals surface area contributed by atoms with Crippen molar-refractivity contribution in [2.75, 3.05) is 23.3 Å². The molecule has 142 valence electrons. The minimum Gasteiger partial charge on any atom is -0.383 e. The molecule has 1 amide bonds. The van der Waals surface area contributed by atoms with Crippen LogP contribution < -0.4 is 10.2 Å². The van der Waals surface area contributed by atoms with E-state index in [2.05, 4.69) is 15.4 Å². The Hall–Kier alpha value is -2.53. The zero-order chi connectivity index (χ0) is 19.1. The molecule has 1 unspecified atom stereocenters. The molecule has 0 spiro atoms. The number of halogens is 1. The first kappa shape index (κ1) is 19.2. The lowest BCUT2D eigenvalue weighted by molar-refractivity contribution is -0.126. The molecule has 27 heavy (non-hydrogen) atoms. The number of carbonyl (C=O) groups excluding carboxylic acids is 1. The number of nitrogens with zero attached hydrogens (tertiary/aromatic N) is 2. The van der Waals surface area contributed by atoms with Gasteiger partial charge >= 0.3 is 0 Å². The van der Waals surface area contributed by atoms with Gasteiger partial charge in [0.1, 0.15) is 0 Å². The van der Waals surface area contributed by atoms with Crippen molar-refractivity contribution in [3.8, 4) is 0 Å². The summed E-state index contributed by atoms with van der Waals surface area (Å²) in [5.74, 6) is -0.242. The van der Waals surface area contributed by atoms with Crippen LogP contribution in [0.25, 0.3) is 0 Å². The molecule has 1 N–H and O–H groups in total. The second kappa shape index (κ2) is 9.42. The molecule has 1 fully saturated rings. The summed E-state index contributed by atoms with van der Waals surface area (Å²) in [6.45, 7) is 3.86. The molecule has 1 saturated heterocycles. The van der Waals surface area contributed by atoms with Gasteiger partial charge in [-0.2, -0.15) is 0 Å². The first-order valence-corrected chi connectivity index (χ1v) is 9.60. The maximum atomic E-state index is 12.2. The summed E-state index contributed by atoms with van der Waals surface area (Å²) in [7, 11) is 0. The fourth-order valence-electron chi connectivity index (χ4n) is 2.93. The van der Waals surface area contributed by atoms with Crippen LogP contribution >= 0.6 is 11.6 Å². The molecule has 5 nitrogen and oxygen atoms in total. The molecule has 0 aliphatic carbocycles. The second-order valence-electron chi connectivity index (χ2n) is 6.62. The molecular weight excluding hydrogens is 362 g/mol. The van der Waals surface area contributed by atoms with Crippen LogP contribution in [-0.4, -0.2) is 31.3 Å². The summed E-state index contributed by atoms with van der Waals surface area (Å²) >= 11 is 5.84. The van der Waals surface area contributed by atoms with E-state index in [4.69, 9.17) is 16.4 Å². The van der Waals surface area contributed by atoms with E-state index in [1.807, 2.05) is 36.4 Å². The quantitative estimate of drug-likeness (QED) is 0.578. The molecule has 2 aromatic carbocycles. The zero-order valence-electron chi connectivity index (χ0n) is 15.4. The molecule has 0 aromatic heterocycles. The smallest absolute Gasteiger partial charge is 0.267 e. The van der Waals surface area contributed by atoms with Crippen LogP contribution in [0.15, 0.2) is 53.7 Å². The Bertz CT molecular complexity index is 769. The molecule has 1 aliphatic heterocycles. The number of hydrogen-bond acceptors (Lipinski definition) is 4. The lowest BCUT2D eigenvalue weighted by atomic mass is 10.1. The van der Waals surface area contributed by atoms with E-state index in [1.165, 1.54) is 24.9 Å². The summed E-state index contributed by atoms with van der Waals surface area (Å²) in [6.07, 6.45) is 4.64. The highest BCUT2D eigenvalue weighted by molar-refractivity contribution is 6.30. The average molecular weight is 386 g/mol. The van der Waals surface area contributed by atoms with Crippen LogP contribution in [0.1, 0.15) is 31.7 Å². The van der Waals surface area contributed by atoms with Gasteiger partial charge < -0.3 is 15.1 Å². The van der Waals surface area contributed by atoms with Gasteiger partial charge in [0.25, 0.3) is 5.91 Å². The highest BCUT2D eigenvalue weighted by atomic mass is 35.5. The van der Waals surface area contributed by atoms with E-state index < -0.39 is 6.10 Å². The molecule has 0 radical (unpaired) electrons. The van der Waals surface area contributed by atoms with Gasteiger partial charge in [0.2, 0.25) is 6.10 Å². The van der Waals surface area contributed by atoms with Gasteiger partial charge in [-0.05, 0) is 68.1 Å². The fraction of sp³-hybridized carbons (Fsp3) is 0.333. The van der Waals surface area contributed by atoms with Gasteiger partial charge in [-0.15, -0.1) is 0 Å². The third-order valence-corrected chi connectivity index (χ3v) is 4.77. The predicted molar refractivity (Wildman–Crippen MR) is 111 cm³/mol. The van der Waals surface area contributed by atoms with E-state index in [0.717, 1.165) is 24.3 Å². The average Bonchev–Trinajstić information content (AvgIpc) is 2.70. The van der Waals surface area contributed by atoms with Crippen LogP contribution in [0.3, 0.4) is 0 Å². The zero-order valence-corrected chi connectivity index (χ0v) is 16.2. The summed E-state index contributed by atoms with van der Waals surface area (Å²) in [6, 6.07) is 15.1. The summed E-state index contributed by atoms with van der Waals surface area (Å²) in [5.41, 5.74) is 2.79. The van der Waals surface area contributed by atoms with E-state index in [-0.39, 0.29) is 5.91 Å². The maximum absolute atomic E-state index is 12.2. The number of hydrogen-bond donors (Lipinski definition) is 1. The van der Waals surface area contributed by atoms with Crippen molar-refractivity contribution in [3.63, 3.8) is 0 Å². The first-order valence-electron chi connectivity index (χ1n) is 9.22. The fourth-order valence-corrected chi connectivity index (χ4v) is 3.06. The Morgan fingerprint density at radius 1 is 1.11 bits per heavy atom. The molecule has 0 saturated carbocycles. The van der Waals surface area contributed by atoms with Gasteiger partial charge in [-0.25, -0.2) is 0 Å². The van der Waals surface area contributed by atoms with Crippen LogP contribution in [0, 0.1) is 0 Å².